The van der Waals surface area contributed by atoms with Gasteiger partial charge >= 0.3 is 5.69 Å². The fourth-order valence-electron chi connectivity index (χ4n) is 2.64. The van der Waals surface area contributed by atoms with Crippen molar-refractivity contribution in [2.45, 2.75) is 32.4 Å². The second-order valence-electron chi connectivity index (χ2n) is 5.66. The zero-order chi connectivity index (χ0) is 14.7. The highest BCUT2D eigenvalue weighted by Crippen LogP contribution is 2.07. The molecule has 1 fully saturated rings. The van der Waals surface area contributed by atoms with Crippen molar-refractivity contribution in [3.05, 3.63) is 32.6 Å². The Balaban J connectivity index is 1.96. The van der Waals surface area contributed by atoms with E-state index < -0.39 is 0 Å². The predicted octanol–water partition coefficient (Wildman–Crippen LogP) is -0.342. The minimum absolute atomic E-state index is 0.253. The van der Waals surface area contributed by atoms with Crippen molar-refractivity contribution in [1.29, 1.82) is 0 Å². The zero-order valence-electron chi connectivity index (χ0n) is 12.6. The van der Waals surface area contributed by atoms with Gasteiger partial charge in [0.15, 0.2) is 0 Å². The highest BCUT2D eigenvalue weighted by Gasteiger charge is 2.14. The maximum Gasteiger partial charge on any atom is 0.330 e. The molecule has 0 aromatic carbocycles. The van der Waals surface area contributed by atoms with Gasteiger partial charge in [-0.15, -0.1) is 0 Å². The molecule has 6 heteroatoms. The molecular weight excluding hydrogens is 256 g/mol. The van der Waals surface area contributed by atoms with E-state index in [0.717, 1.165) is 16.8 Å². The van der Waals surface area contributed by atoms with Crippen LogP contribution in [0.25, 0.3) is 0 Å². The monoisotopic (exact) mass is 280 g/mol. The standard InChI is InChI=1S/C14H24N4O2/c1-11(10-18-6-4-5-7-18)15-9-12-8-13(19)17(3)14(20)16(12)2/h8,11,15H,4-7,9-10H2,1-3H3. The van der Waals surface area contributed by atoms with Crippen LogP contribution in [0, 0.1) is 0 Å². The lowest BCUT2D eigenvalue weighted by molar-refractivity contribution is 0.297. The van der Waals surface area contributed by atoms with Crippen LogP contribution in [0.2, 0.25) is 0 Å². The number of hydrogen-bond acceptors (Lipinski definition) is 4. The SMILES string of the molecule is CC(CN1CCCC1)NCc1cc(=O)n(C)c(=O)n1C. The van der Waals surface area contributed by atoms with Gasteiger partial charge in [0.2, 0.25) is 0 Å². The third-order valence-corrected chi connectivity index (χ3v) is 3.99. The Morgan fingerprint density at radius 1 is 1.20 bits per heavy atom. The molecule has 1 saturated heterocycles. The molecule has 0 bridgehead atoms. The van der Waals surface area contributed by atoms with E-state index in [2.05, 4.69) is 17.1 Å². The van der Waals surface area contributed by atoms with E-state index in [0.29, 0.717) is 12.6 Å². The van der Waals surface area contributed by atoms with Crippen LogP contribution in [0.5, 0.6) is 0 Å². The van der Waals surface area contributed by atoms with Crippen molar-refractivity contribution in [2.24, 2.45) is 14.1 Å². The van der Waals surface area contributed by atoms with Crippen LogP contribution in [0.3, 0.4) is 0 Å². The van der Waals surface area contributed by atoms with E-state index in [-0.39, 0.29) is 11.2 Å². The van der Waals surface area contributed by atoms with Crippen LogP contribution < -0.4 is 16.6 Å². The van der Waals surface area contributed by atoms with E-state index >= 15 is 0 Å². The molecule has 1 atom stereocenters. The summed E-state index contributed by atoms with van der Waals surface area (Å²) in [5, 5.41) is 3.39. The van der Waals surface area contributed by atoms with Crippen LogP contribution in [0.15, 0.2) is 15.7 Å². The van der Waals surface area contributed by atoms with E-state index in [9.17, 15) is 9.59 Å². The van der Waals surface area contributed by atoms with Crippen molar-refractivity contribution in [2.75, 3.05) is 19.6 Å². The van der Waals surface area contributed by atoms with Gasteiger partial charge in [-0.2, -0.15) is 0 Å². The van der Waals surface area contributed by atoms with E-state index in [1.54, 1.807) is 7.05 Å². The zero-order valence-corrected chi connectivity index (χ0v) is 12.6. The molecule has 0 aliphatic carbocycles. The van der Waals surface area contributed by atoms with Gasteiger partial charge in [-0.3, -0.25) is 13.9 Å². The molecule has 0 amide bonds. The van der Waals surface area contributed by atoms with Crippen molar-refractivity contribution in [3.63, 3.8) is 0 Å². The Labute approximate surface area is 119 Å². The largest absolute Gasteiger partial charge is 0.330 e. The van der Waals surface area contributed by atoms with E-state index in [4.69, 9.17) is 0 Å². The molecule has 1 unspecified atom stereocenters. The van der Waals surface area contributed by atoms with Gasteiger partial charge in [0.25, 0.3) is 5.56 Å². The van der Waals surface area contributed by atoms with E-state index in [1.165, 1.54) is 43.6 Å². The van der Waals surface area contributed by atoms with E-state index in [1.807, 2.05) is 0 Å². The molecule has 1 aromatic rings. The molecule has 112 valence electrons. The van der Waals surface area contributed by atoms with Crippen LogP contribution >= 0.6 is 0 Å². The molecular formula is C14H24N4O2. The van der Waals surface area contributed by atoms with Crippen LogP contribution in [-0.2, 0) is 20.6 Å². The minimum atomic E-state index is -0.276. The smallest absolute Gasteiger partial charge is 0.307 e. The number of nitrogens with one attached hydrogen (secondary N) is 1. The second-order valence-corrected chi connectivity index (χ2v) is 5.66. The maximum atomic E-state index is 11.8. The van der Waals surface area contributed by atoms with Gasteiger partial charge in [0.1, 0.15) is 0 Å². The van der Waals surface area contributed by atoms with Gasteiger partial charge < -0.3 is 10.2 Å². The average molecular weight is 280 g/mol. The Bertz CT molecular complexity index is 570. The summed E-state index contributed by atoms with van der Waals surface area (Å²) in [7, 11) is 3.20. The highest BCUT2D eigenvalue weighted by atomic mass is 16.2. The first-order valence-corrected chi connectivity index (χ1v) is 7.20. The molecule has 1 N–H and O–H groups in total. The lowest BCUT2D eigenvalue weighted by Gasteiger charge is -2.21. The summed E-state index contributed by atoms with van der Waals surface area (Å²) in [5.74, 6) is 0. The summed E-state index contributed by atoms with van der Waals surface area (Å²) in [6.45, 7) is 6.04. The quantitative estimate of drug-likeness (QED) is 0.801. The molecule has 1 aliphatic heterocycles. The molecule has 20 heavy (non-hydrogen) atoms. The molecule has 1 aliphatic rings. The Kier molecular flexibility index (Phi) is 4.77. The fraction of sp³-hybridized carbons (Fsp3) is 0.714. The minimum Gasteiger partial charge on any atom is -0.307 e. The topological polar surface area (TPSA) is 59.3 Å². The number of hydrogen-bond donors (Lipinski definition) is 1. The third-order valence-electron chi connectivity index (χ3n) is 3.99. The lowest BCUT2D eigenvalue weighted by Crippen LogP contribution is -2.41. The normalized spacial score (nSPS) is 17.6. The molecule has 0 saturated carbocycles. The fourth-order valence-corrected chi connectivity index (χ4v) is 2.64. The molecule has 2 rings (SSSR count). The van der Waals surface area contributed by atoms with Gasteiger partial charge in [-0.05, 0) is 32.9 Å². The Hall–Kier alpha value is -1.40. The Morgan fingerprint density at radius 2 is 1.85 bits per heavy atom. The summed E-state index contributed by atoms with van der Waals surface area (Å²) >= 11 is 0. The molecule has 2 heterocycles. The first-order valence-electron chi connectivity index (χ1n) is 7.20. The van der Waals surface area contributed by atoms with Crippen LogP contribution in [0.4, 0.5) is 0 Å². The van der Waals surface area contributed by atoms with Gasteiger partial charge in [0.05, 0.1) is 0 Å². The summed E-state index contributed by atoms with van der Waals surface area (Å²) < 4.78 is 2.65. The molecule has 0 spiro atoms. The summed E-state index contributed by atoms with van der Waals surface area (Å²) in [4.78, 5) is 25.9. The van der Waals surface area contributed by atoms with Gasteiger partial charge in [0, 0.05) is 45.0 Å². The van der Waals surface area contributed by atoms with Crippen molar-refractivity contribution in [1.82, 2.24) is 19.4 Å². The average Bonchev–Trinajstić information content (AvgIpc) is 2.92. The number of rotatable bonds is 5. The van der Waals surface area contributed by atoms with Gasteiger partial charge in [-0.25, -0.2) is 4.79 Å². The van der Waals surface area contributed by atoms with Crippen molar-refractivity contribution < 1.29 is 0 Å². The first kappa shape index (κ1) is 15.0. The number of nitrogens with zero attached hydrogens (tertiary/aromatic N) is 3. The first-order chi connectivity index (χ1) is 9.49. The lowest BCUT2D eigenvalue weighted by atomic mass is 10.3. The van der Waals surface area contributed by atoms with Crippen molar-refractivity contribution >= 4 is 0 Å². The summed E-state index contributed by atoms with van der Waals surface area (Å²) in [6, 6.07) is 1.86. The summed E-state index contributed by atoms with van der Waals surface area (Å²) in [6.07, 6.45) is 2.58. The number of likely N-dealkylation sites (tertiary alicyclic amines) is 1. The number of aromatic nitrogens is 2. The molecule has 6 nitrogen and oxygen atoms in total. The maximum absolute atomic E-state index is 11.8. The second kappa shape index (κ2) is 6.37. The van der Waals surface area contributed by atoms with Crippen LogP contribution in [-0.4, -0.2) is 39.7 Å². The van der Waals surface area contributed by atoms with Crippen molar-refractivity contribution in [3.8, 4) is 0 Å². The third kappa shape index (κ3) is 3.37. The molecule has 1 aromatic heterocycles. The summed E-state index contributed by atoms with van der Waals surface area (Å²) in [5.41, 5.74) is 0.199. The highest BCUT2D eigenvalue weighted by molar-refractivity contribution is 5.02. The molecule has 0 radical (unpaired) electrons. The van der Waals surface area contributed by atoms with Gasteiger partial charge in [-0.1, -0.05) is 0 Å². The van der Waals surface area contributed by atoms with Crippen LogP contribution in [0.1, 0.15) is 25.5 Å². The predicted molar refractivity (Wildman–Crippen MR) is 78.9 cm³/mol. The Morgan fingerprint density at radius 3 is 2.50 bits per heavy atom.